The molecule has 2 heterocycles. The lowest BCUT2D eigenvalue weighted by Gasteiger charge is -2.26. The summed E-state index contributed by atoms with van der Waals surface area (Å²) in [6.45, 7) is 0.656. The van der Waals surface area contributed by atoms with Gasteiger partial charge in [-0.3, -0.25) is 4.79 Å². The summed E-state index contributed by atoms with van der Waals surface area (Å²) in [6.07, 6.45) is 1.50. The van der Waals surface area contributed by atoms with Gasteiger partial charge in [0.25, 0.3) is 5.91 Å². The maximum absolute atomic E-state index is 13.3. The number of nitrogens with zero attached hydrogens (tertiary/aromatic N) is 5. The molecule has 28 heavy (non-hydrogen) atoms. The van der Waals surface area contributed by atoms with E-state index in [1.165, 1.54) is 11.0 Å². The number of methoxy groups -OCH3 is 2. The number of rotatable bonds is 5. The van der Waals surface area contributed by atoms with Gasteiger partial charge in [-0.2, -0.15) is 0 Å². The van der Waals surface area contributed by atoms with Crippen LogP contribution in [0.2, 0.25) is 0 Å². The Morgan fingerprint density at radius 3 is 2.82 bits per heavy atom. The number of carbonyl (C=O) groups is 1. The van der Waals surface area contributed by atoms with E-state index in [1.807, 2.05) is 35.2 Å². The number of aromatic nitrogens is 4. The molecule has 8 nitrogen and oxygen atoms in total. The highest BCUT2D eigenvalue weighted by Gasteiger charge is 2.33. The molecule has 1 aliphatic rings. The second-order valence-corrected chi connectivity index (χ2v) is 7.32. The van der Waals surface area contributed by atoms with Gasteiger partial charge < -0.3 is 14.4 Å². The monoisotopic (exact) mass is 397 g/mol. The summed E-state index contributed by atoms with van der Waals surface area (Å²) in [4.78, 5) is 15.1. The molecule has 1 aromatic heterocycles. The summed E-state index contributed by atoms with van der Waals surface area (Å²) in [7, 11) is 3.26. The number of ether oxygens (including phenoxy) is 2. The second-order valence-electron chi connectivity index (χ2n) is 6.13. The van der Waals surface area contributed by atoms with Gasteiger partial charge in [-0.15, -0.1) is 16.9 Å². The number of thioether (sulfide) groups is 1. The van der Waals surface area contributed by atoms with Crippen molar-refractivity contribution in [2.24, 2.45) is 0 Å². The zero-order valence-corrected chi connectivity index (χ0v) is 16.3. The van der Waals surface area contributed by atoms with Gasteiger partial charge in [0, 0.05) is 23.4 Å². The molecular formula is C19H19N5O3S. The Hall–Kier alpha value is -3.07. The van der Waals surface area contributed by atoms with Gasteiger partial charge in [-0.25, -0.2) is 4.68 Å². The third-order valence-electron chi connectivity index (χ3n) is 4.56. The molecule has 0 spiro atoms. The second kappa shape index (κ2) is 7.89. The third-order valence-corrected chi connectivity index (χ3v) is 5.80. The van der Waals surface area contributed by atoms with Crippen molar-refractivity contribution >= 4 is 17.7 Å². The minimum absolute atomic E-state index is 0.0465. The minimum Gasteiger partial charge on any atom is -0.497 e. The molecule has 1 unspecified atom stereocenters. The highest BCUT2D eigenvalue weighted by atomic mass is 32.2. The molecule has 0 saturated carbocycles. The number of amides is 1. The molecule has 0 radical (unpaired) electrons. The van der Waals surface area contributed by atoms with Crippen molar-refractivity contribution in [3.63, 3.8) is 0 Å². The van der Waals surface area contributed by atoms with Crippen LogP contribution in [0.5, 0.6) is 11.5 Å². The molecule has 144 valence electrons. The summed E-state index contributed by atoms with van der Waals surface area (Å²) in [6, 6.07) is 12.9. The molecule has 1 atom stereocenters. The molecule has 0 aliphatic carbocycles. The average molecular weight is 397 g/mol. The molecule has 3 aromatic rings. The smallest absolute Gasteiger partial charge is 0.255 e. The standard InChI is InChI=1S/C19H19N5O3S/c1-26-15-6-7-17(27-2)16(11-15)19-23(8-9-28-19)18(25)13-4-3-5-14(10-13)24-12-20-21-22-24/h3-7,10-12,19H,8-9H2,1-2H3. The van der Waals surface area contributed by atoms with Crippen molar-refractivity contribution in [1.29, 1.82) is 0 Å². The lowest BCUT2D eigenvalue weighted by molar-refractivity contribution is 0.0759. The number of hydrogen-bond acceptors (Lipinski definition) is 7. The number of carbonyl (C=O) groups excluding carboxylic acids is 1. The number of hydrogen-bond donors (Lipinski definition) is 0. The van der Waals surface area contributed by atoms with Crippen LogP contribution in [-0.4, -0.2) is 57.5 Å². The van der Waals surface area contributed by atoms with Gasteiger partial charge in [-0.1, -0.05) is 6.07 Å². The fourth-order valence-electron chi connectivity index (χ4n) is 3.19. The summed E-state index contributed by atoms with van der Waals surface area (Å²) in [5, 5.41) is 11.0. The van der Waals surface area contributed by atoms with Gasteiger partial charge in [0.2, 0.25) is 0 Å². The fourth-order valence-corrected chi connectivity index (χ4v) is 4.47. The molecule has 1 saturated heterocycles. The molecule has 1 amide bonds. The Labute approximate surface area is 166 Å². The fraction of sp³-hybridized carbons (Fsp3) is 0.263. The Bertz CT molecular complexity index is 979. The zero-order valence-electron chi connectivity index (χ0n) is 15.5. The summed E-state index contributed by atoms with van der Waals surface area (Å²) < 4.78 is 12.4. The number of tetrazole rings is 1. The van der Waals surface area contributed by atoms with Crippen LogP contribution >= 0.6 is 11.8 Å². The molecule has 2 aromatic carbocycles. The van der Waals surface area contributed by atoms with Crippen LogP contribution < -0.4 is 9.47 Å². The van der Waals surface area contributed by atoms with E-state index in [2.05, 4.69) is 15.5 Å². The normalized spacial score (nSPS) is 16.2. The number of benzene rings is 2. The van der Waals surface area contributed by atoms with E-state index < -0.39 is 0 Å². The summed E-state index contributed by atoms with van der Waals surface area (Å²) in [5.74, 6) is 2.27. The van der Waals surface area contributed by atoms with Crippen LogP contribution in [0.4, 0.5) is 0 Å². The molecule has 1 fully saturated rings. The van der Waals surface area contributed by atoms with Crippen LogP contribution in [0, 0.1) is 0 Å². The van der Waals surface area contributed by atoms with Gasteiger partial charge in [0.1, 0.15) is 23.2 Å². The van der Waals surface area contributed by atoms with E-state index in [-0.39, 0.29) is 11.3 Å². The maximum Gasteiger partial charge on any atom is 0.255 e. The Morgan fingerprint density at radius 1 is 1.18 bits per heavy atom. The average Bonchev–Trinajstić information content (AvgIpc) is 3.45. The van der Waals surface area contributed by atoms with Gasteiger partial charge in [-0.05, 0) is 46.8 Å². The van der Waals surface area contributed by atoms with Crippen LogP contribution in [0.15, 0.2) is 48.8 Å². The van der Waals surface area contributed by atoms with Crippen LogP contribution in [0.3, 0.4) is 0 Å². The van der Waals surface area contributed by atoms with E-state index in [0.29, 0.717) is 12.1 Å². The van der Waals surface area contributed by atoms with Crippen molar-refractivity contribution in [1.82, 2.24) is 25.1 Å². The van der Waals surface area contributed by atoms with Crippen molar-refractivity contribution in [2.45, 2.75) is 5.37 Å². The zero-order chi connectivity index (χ0) is 19.5. The SMILES string of the molecule is COc1ccc(OC)c(C2SCCN2C(=O)c2cccc(-n3cnnn3)c2)c1. The van der Waals surface area contributed by atoms with E-state index >= 15 is 0 Å². The Kier molecular flexibility index (Phi) is 5.16. The van der Waals surface area contributed by atoms with Gasteiger partial charge >= 0.3 is 0 Å². The lowest BCUT2D eigenvalue weighted by Crippen LogP contribution is -2.30. The Balaban J connectivity index is 1.66. The first-order valence-electron chi connectivity index (χ1n) is 8.69. The van der Waals surface area contributed by atoms with Crippen molar-refractivity contribution < 1.29 is 14.3 Å². The van der Waals surface area contributed by atoms with E-state index in [4.69, 9.17) is 9.47 Å². The van der Waals surface area contributed by atoms with Crippen LogP contribution in [0.1, 0.15) is 21.3 Å². The predicted octanol–water partition coefficient (Wildman–Crippen LogP) is 2.57. The lowest BCUT2D eigenvalue weighted by atomic mass is 10.1. The topological polar surface area (TPSA) is 82.4 Å². The maximum atomic E-state index is 13.3. The highest BCUT2D eigenvalue weighted by molar-refractivity contribution is 7.99. The largest absolute Gasteiger partial charge is 0.497 e. The van der Waals surface area contributed by atoms with Crippen molar-refractivity contribution in [2.75, 3.05) is 26.5 Å². The molecule has 0 bridgehead atoms. The van der Waals surface area contributed by atoms with E-state index in [9.17, 15) is 4.79 Å². The van der Waals surface area contributed by atoms with E-state index in [0.717, 1.165) is 28.5 Å². The molecule has 9 heteroatoms. The minimum atomic E-state index is -0.144. The van der Waals surface area contributed by atoms with Crippen molar-refractivity contribution in [3.8, 4) is 17.2 Å². The third kappa shape index (κ3) is 3.40. The van der Waals surface area contributed by atoms with Crippen LogP contribution in [-0.2, 0) is 0 Å². The predicted molar refractivity (Wildman–Crippen MR) is 105 cm³/mol. The quantitative estimate of drug-likeness (QED) is 0.654. The molecule has 0 N–H and O–H groups in total. The Morgan fingerprint density at radius 2 is 2.07 bits per heavy atom. The van der Waals surface area contributed by atoms with E-state index in [1.54, 1.807) is 38.1 Å². The molecule has 4 rings (SSSR count). The molecular weight excluding hydrogens is 378 g/mol. The first kappa shape index (κ1) is 18.3. The first-order valence-corrected chi connectivity index (χ1v) is 9.74. The first-order chi connectivity index (χ1) is 13.7. The molecule has 1 aliphatic heterocycles. The summed E-state index contributed by atoms with van der Waals surface area (Å²) >= 11 is 1.71. The van der Waals surface area contributed by atoms with Crippen molar-refractivity contribution in [3.05, 3.63) is 59.9 Å². The highest BCUT2D eigenvalue weighted by Crippen LogP contribution is 2.43. The summed E-state index contributed by atoms with van der Waals surface area (Å²) in [5.41, 5.74) is 2.25. The van der Waals surface area contributed by atoms with Gasteiger partial charge in [0.15, 0.2) is 0 Å². The van der Waals surface area contributed by atoms with Gasteiger partial charge in [0.05, 0.1) is 19.9 Å². The van der Waals surface area contributed by atoms with Crippen LogP contribution in [0.25, 0.3) is 5.69 Å².